The van der Waals surface area contributed by atoms with E-state index in [4.69, 9.17) is 5.73 Å². The van der Waals surface area contributed by atoms with E-state index in [1.54, 1.807) is 0 Å². The minimum Gasteiger partial charge on any atom is -0.328 e. The summed E-state index contributed by atoms with van der Waals surface area (Å²) in [6.07, 6.45) is 6.60. The number of rotatable bonds is 5. The molecule has 0 bridgehead atoms. The minimum atomic E-state index is 0.479. The topological polar surface area (TPSA) is 32.5 Å². The third-order valence-corrected chi connectivity index (χ3v) is 4.58. The monoisotopic (exact) mass is 239 g/mol. The van der Waals surface area contributed by atoms with Crippen molar-refractivity contribution in [2.24, 2.45) is 11.7 Å². The fourth-order valence-corrected chi connectivity index (χ4v) is 3.67. The van der Waals surface area contributed by atoms with Crippen LogP contribution in [0.1, 0.15) is 39.0 Å². The van der Waals surface area contributed by atoms with E-state index in [9.17, 15) is 0 Å². The fraction of sp³-hybridized carbons (Fsp3) is 1.00. The Hall–Kier alpha value is -0.120. The molecule has 1 aliphatic carbocycles. The van der Waals surface area contributed by atoms with E-state index in [0.29, 0.717) is 6.04 Å². The molecule has 1 aliphatic heterocycles. The van der Waals surface area contributed by atoms with Gasteiger partial charge in [0, 0.05) is 25.2 Å². The number of likely N-dealkylation sites (N-methyl/N-ethyl adjacent to an activating group) is 2. The van der Waals surface area contributed by atoms with Crippen LogP contribution in [0.4, 0.5) is 0 Å². The molecule has 0 amide bonds. The van der Waals surface area contributed by atoms with Gasteiger partial charge in [-0.3, -0.25) is 4.90 Å². The maximum Gasteiger partial charge on any atom is 0.0223 e. The van der Waals surface area contributed by atoms with Crippen molar-refractivity contribution in [3.8, 4) is 0 Å². The zero-order valence-electron chi connectivity index (χ0n) is 11.6. The van der Waals surface area contributed by atoms with Crippen molar-refractivity contribution in [3.05, 3.63) is 0 Å². The van der Waals surface area contributed by atoms with E-state index in [0.717, 1.165) is 12.0 Å². The van der Waals surface area contributed by atoms with Crippen LogP contribution in [0.3, 0.4) is 0 Å². The van der Waals surface area contributed by atoms with Crippen LogP contribution in [0, 0.1) is 5.92 Å². The zero-order valence-corrected chi connectivity index (χ0v) is 11.6. The second-order valence-corrected chi connectivity index (χ2v) is 6.09. The van der Waals surface area contributed by atoms with Crippen molar-refractivity contribution >= 4 is 0 Å². The largest absolute Gasteiger partial charge is 0.328 e. The van der Waals surface area contributed by atoms with Crippen LogP contribution in [0.25, 0.3) is 0 Å². The summed E-state index contributed by atoms with van der Waals surface area (Å²) in [6.45, 7) is 7.31. The van der Waals surface area contributed by atoms with Crippen molar-refractivity contribution < 1.29 is 0 Å². The van der Waals surface area contributed by atoms with Crippen LogP contribution in [0.2, 0.25) is 0 Å². The quantitative estimate of drug-likeness (QED) is 0.790. The van der Waals surface area contributed by atoms with Crippen LogP contribution < -0.4 is 5.73 Å². The van der Waals surface area contributed by atoms with Crippen LogP contribution in [0.5, 0.6) is 0 Å². The van der Waals surface area contributed by atoms with Gasteiger partial charge in [-0.2, -0.15) is 0 Å². The number of nitrogens with zero attached hydrogens (tertiary/aromatic N) is 2. The summed E-state index contributed by atoms with van der Waals surface area (Å²) in [5, 5.41) is 0. The number of likely N-dealkylation sites (tertiary alicyclic amines) is 1. The average Bonchev–Trinajstić information content (AvgIpc) is 2.87. The maximum absolute atomic E-state index is 5.98. The van der Waals surface area contributed by atoms with Gasteiger partial charge in [0.15, 0.2) is 0 Å². The summed E-state index contributed by atoms with van der Waals surface area (Å²) in [5.41, 5.74) is 5.98. The molecule has 0 radical (unpaired) electrons. The molecule has 0 spiro atoms. The Morgan fingerprint density at radius 3 is 2.71 bits per heavy atom. The summed E-state index contributed by atoms with van der Waals surface area (Å²) in [7, 11) is 2.29. The first kappa shape index (κ1) is 13.3. The summed E-state index contributed by atoms with van der Waals surface area (Å²) in [5.74, 6) is 0.853. The number of nitrogens with two attached hydrogens (primary N) is 1. The van der Waals surface area contributed by atoms with Crippen molar-refractivity contribution in [2.45, 2.75) is 51.1 Å². The van der Waals surface area contributed by atoms with Crippen LogP contribution in [-0.4, -0.2) is 55.1 Å². The molecule has 0 aromatic rings. The molecule has 1 saturated carbocycles. The minimum absolute atomic E-state index is 0.479. The Labute approximate surface area is 106 Å². The molecule has 3 heteroatoms. The molecule has 3 unspecified atom stereocenters. The van der Waals surface area contributed by atoms with Crippen molar-refractivity contribution in [3.63, 3.8) is 0 Å². The normalized spacial score (nSPS) is 34.9. The maximum atomic E-state index is 5.98. The van der Waals surface area contributed by atoms with Crippen LogP contribution in [0.15, 0.2) is 0 Å². The molecule has 17 heavy (non-hydrogen) atoms. The van der Waals surface area contributed by atoms with E-state index in [1.807, 2.05) is 0 Å². The van der Waals surface area contributed by atoms with E-state index < -0.39 is 0 Å². The summed E-state index contributed by atoms with van der Waals surface area (Å²) in [4.78, 5) is 5.18. The van der Waals surface area contributed by atoms with E-state index >= 15 is 0 Å². The molecule has 0 aromatic heterocycles. The lowest BCUT2D eigenvalue weighted by molar-refractivity contribution is 0.183. The van der Waals surface area contributed by atoms with Gasteiger partial charge in [-0.25, -0.2) is 0 Å². The van der Waals surface area contributed by atoms with Gasteiger partial charge in [0.25, 0.3) is 0 Å². The highest BCUT2D eigenvalue weighted by molar-refractivity contribution is 4.83. The summed E-state index contributed by atoms with van der Waals surface area (Å²) < 4.78 is 0. The molecular weight excluding hydrogens is 210 g/mol. The molecule has 1 heterocycles. The van der Waals surface area contributed by atoms with Gasteiger partial charge in [-0.15, -0.1) is 0 Å². The molecule has 2 rings (SSSR count). The first-order chi connectivity index (χ1) is 8.19. The second-order valence-electron chi connectivity index (χ2n) is 6.09. The second kappa shape index (κ2) is 6.17. The molecule has 100 valence electrons. The van der Waals surface area contributed by atoms with Gasteiger partial charge in [-0.1, -0.05) is 6.92 Å². The number of hydrogen-bond donors (Lipinski definition) is 1. The highest BCUT2D eigenvalue weighted by Gasteiger charge is 2.26. The number of hydrogen-bond acceptors (Lipinski definition) is 3. The van der Waals surface area contributed by atoms with Gasteiger partial charge >= 0.3 is 0 Å². The summed E-state index contributed by atoms with van der Waals surface area (Å²) >= 11 is 0. The standard InChI is InChI=1S/C14H29N3/c1-3-17-8-4-5-14(17)11-16(2)10-12-6-7-13(15)9-12/h12-14H,3-11,15H2,1-2H3. The molecule has 2 aliphatic rings. The predicted molar refractivity (Wildman–Crippen MR) is 73.1 cm³/mol. The first-order valence-electron chi connectivity index (χ1n) is 7.37. The van der Waals surface area contributed by atoms with Crippen LogP contribution in [-0.2, 0) is 0 Å². The Kier molecular flexibility index (Phi) is 4.83. The highest BCUT2D eigenvalue weighted by atomic mass is 15.2. The molecule has 0 aromatic carbocycles. The third-order valence-electron chi connectivity index (χ3n) is 4.58. The van der Waals surface area contributed by atoms with Gasteiger partial charge < -0.3 is 10.6 Å². The third kappa shape index (κ3) is 3.67. The van der Waals surface area contributed by atoms with E-state index in [-0.39, 0.29) is 0 Å². The zero-order chi connectivity index (χ0) is 12.3. The molecule has 1 saturated heterocycles. The van der Waals surface area contributed by atoms with Crippen molar-refractivity contribution in [1.82, 2.24) is 9.80 Å². The Morgan fingerprint density at radius 2 is 2.06 bits per heavy atom. The summed E-state index contributed by atoms with van der Waals surface area (Å²) in [6, 6.07) is 1.28. The Morgan fingerprint density at radius 1 is 1.24 bits per heavy atom. The molecular formula is C14H29N3. The van der Waals surface area contributed by atoms with E-state index in [2.05, 4.69) is 23.8 Å². The smallest absolute Gasteiger partial charge is 0.0223 e. The fourth-order valence-electron chi connectivity index (χ4n) is 3.67. The SMILES string of the molecule is CCN1CCCC1CN(C)CC1CCC(N)C1. The first-order valence-corrected chi connectivity index (χ1v) is 7.37. The van der Waals surface area contributed by atoms with Gasteiger partial charge in [0.1, 0.15) is 0 Å². The van der Waals surface area contributed by atoms with Crippen molar-refractivity contribution in [1.29, 1.82) is 0 Å². The lowest BCUT2D eigenvalue weighted by Crippen LogP contribution is -2.40. The van der Waals surface area contributed by atoms with E-state index in [1.165, 1.54) is 58.3 Å². The predicted octanol–water partition coefficient (Wildman–Crippen LogP) is 1.53. The highest BCUT2D eigenvalue weighted by Crippen LogP contribution is 2.25. The Balaban J connectivity index is 1.71. The van der Waals surface area contributed by atoms with Gasteiger partial charge in [-0.05, 0) is 58.2 Å². The average molecular weight is 239 g/mol. The van der Waals surface area contributed by atoms with Crippen molar-refractivity contribution in [2.75, 3.05) is 33.2 Å². The van der Waals surface area contributed by atoms with Crippen LogP contribution >= 0.6 is 0 Å². The lowest BCUT2D eigenvalue weighted by atomic mass is 10.1. The lowest BCUT2D eigenvalue weighted by Gasteiger charge is -2.29. The van der Waals surface area contributed by atoms with Gasteiger partial charge in [0.05, 0.1) is 0 Å². The molecule has 3 atom stereocenters. The Bertz CT molecular complexity index is 232. The molecule has 2 N–H and O–H groups in total. The molecule has 3 nitrogen and oxygen atoms in total. The van der Waals surface area contributed by atoms with Gasteiger partial charge in [0.2, 0.25) is 0 Å². The molecule has 2 fully saturated rings.